The van der Waals surface area contributed by atoms with E-state index in [1.807, 2.05) is 35.2 Å². The van der Waals surface area contributed by atoms with Gasteiger partial charge in [0.05, 0.1) is 19.6 Å². The average Bonchev–Trinajstić information content (AvgIpc) is 2.45. The second-order valence-electron chi connectivity index (χ2n) is 4.82. The maximum absolute atomic E-state index is 12.2. The lowest BCUT2D eigenvalue weighted by Crippen LogP contribution is -2.58. The molecule has 1 aromatic carbocycles. The number of carbonyl (C=O) groups is 1. The lowest BCUT2D eigenvalue weighted by Gasteiger charge is -2.38. The smallest absolute Gasteiger partial charge is 0.225 e. The zero-order valence-corrected chi connectivity index (χ0v) is 13.7. The number of morpholine rings is 1. The van der Waals surface area contributed by atoms with Gasteiger partial charge in [0, 0.05) is 13.1 Å². The number of rotatable bonds is 4. The van der Waals surface area contributed by atoms with Crippen LogP contribution in [0.25, 0.3) is 0 Å². The van der Waals surface area contributed by atoms with Gasteiger partial charge in [-0.25, -0.2) is 0 Å². The van der Waals surface area contributed by atoms with Gasteiger partial charge in [-0.05, 0) is 5.56 Å². The highest BCUT2D eigenvalue weighted by molar-refractivity contribution is 6.68. The van der Waals surface area contributed by atoms with Gasteiger partial charge >= 0.3 is 0 Å². The first-order valence-corrected chi connectivity index (χ1v) is 7.82. The fourth-order valence-electron chi connectivity index (χ4n) is 2.20. The first-order valence-electron chi connectivity index (χ1n) is 6.68. The minimum absolute atomic E-state index is 0.177. The van der Waals surface area contributed by atoms with Crippen LogP contribution in [0.5, 0.6) is 0 Å². The maximum atomic E-state index is 12.2. The number of nitrogens with zero attached hydrogens (tertiary/aromatic N) is 1. The third-order valence-corrected chi connectivity index (χ3v) is 3.85. The summed E-state index contributed by atoms with van der Waals surface area (Å²) in [6.45, 7) is 2.35. The number of carbonyl (C=O) groups excluding carboxylic acids is 1. The topological polar surface area (TPSA) is 41.6 Å². The highest BCUT2D eigenvalue weighted by Gasteiger charge is 2.38. The van der Waals surface area contributed by atoms with Gasteiger partial charge in [-0.3, -0.25) is 9.69 Å². The molecule has 1 aliphatic rings. The van der Waals surface area contributed by atoms with Gasteiger partial charge in [0.1, 0.15) is 6.17 Å². The van der Waals surface area contributed by atoms with Crippen LogP contribution in [0.3, 0.4) is 0 Å². The van der Waals surface area contributed by atoms with Gasteiger partial charge in [0.15, 0.2) is 0 Å². The monoisotopic (exact) mass is 350 g/mol. The van der Waals surface area contributed by atoms with E-state index in [9.17, 15) is 4.79 Å². The Morgan fingerprint density at radius 2 is 1.86 bits per heavy atom. The molecule has 0 bridgehead atoms. The van der Waals surface area contributed by atoms with Crippen molar-refractivity contribution >= 4 is 40.7 Å². The van der Waals surface area contributed by atoms with Crippen molar-refractivity contribution < 1.29 is 9.53 Å². The minimum atomic E-state index is -1.59. The zero-order valence-electron chi connectivity index (χ0n) is 11.4. The molecule has 0 spiro atoms. The molecular formula is C14H17Cl3N2O2. The molecule has 4 nitrogen and oxygen atoms in total. The van der Waals surface area contributed by atoms with Crippen molar-refractivity contribution in [2.75, 3.05) is 26.3 Å². The quantitative estimate of drug-likeness (QED) is 0.847. The van der Waals surface area contributed by atoms with Crippen LogP contribution in [-0.2, 0) is 16.0 Å². The van der Waals surface area contributed by atoms with Gasteiger partial charge in [0.25, 0.3) is 0 Å². The van der Waals surface area contributed by atoms with Crippen LogP contribution in [0, 0.1) is 0 Å². The number of hydrogen-bond acceptors (Lipinski definition) is 3. The number of benzene rings is 1. The molecule has 1 aromatic rings. The summed E-state index contributed by atoms with van der Waals surface area (Å²) in [7, 11) is 0. The van der Waals surface area contributed by atoms with Crippen LogP contribution < -0.4 is 5.32 Å². The highest BCUT2D eigenvalue weighted by atomic mass is 35.6. The Bertz CT molecular complexity index is 459. The van der Waals surface area contributed by atoms with Crippen LogP contribution in [0.15, 0.2) is 30.3 Å². The second-order valence-corrected chi connectivity index (χ2v) is 7.19. The molecule has 0 aliphatic carbocycles. The van der Waals surface area contributed by atoms with Crippen LogP contribution in [-0.4, -0.2) is 47.1 Å². The zero-order chi connectivity index (χ0) is 15.3. The molecule has 1 unspecified atom stereocenters. The van der Waals surface area contributed by atoms with Gasteiger partial charge in [0.2, 0.25) is 9.70 Å². The van der Waals surface area contributed by atoms with E-state index in [-0.39, 0.29) is 12.3 Å². The standard InChI is InChI=1S/C14H17Cl3N2O2/c15-14(16,17)13(19-6-8-21-9-7-19)18-12(20)10-11-4-2-1-3-5-11/h1-5,13H,6-10H2,(H,18,20). The molecule has 0 saturated carbocycles. The van der Waals surface area contributed by atoms with Crippen molar-refractivity contribution in [2.24, 2.45) is 0 Å². The second kappa shape index (κ2) is 7.65. The predicted molar refractivity (Wildman–Crippen MR) is 84.8 cm³/mol. The van der Waals surface area contributed by atoms with Crippen LogP contribution >= 0.6 is 34.8 Å². The summed E-state index contributed by atoms with van der Waals surface area (Å²) in [5.41, 5.74) is 0.917. The van der Waals surface area contributed by atoms with Crippen LogP contribution in [0.4, 0.5) is 0 Å². The number of nitrogens with one attached hydrogen (secondary N) is 1. The van der Waals surface area contributed by atoms with E-state index >= 15 is 0 Å². The number of ether oxygens (including phenoxy) is 1. The molecule has 1 aliphatic heterocycles. The third-order valence-electron chi connectivity index (χ3n) is 3.23. The van der Waals surface area contributed by atoms with Crippen molar-refractivity contribution in [3.8, 4) is 0 Å². The van der Waals surface area contributed by atoms with Crippen molar-refractivity contribution in [2.45, 2.75) is 16.4 Å². The number of halogens is 3. The third kappa shape index (κ3) is 5.31. The lowest BCUT2D eigenvalue weighted by atomic mass is 10.1. The van der Waals surface area contributed by atoms with Crippen molar-refractivity contribution in [1.82, 2.24) is 10.2 Å². The molecular weight excluding hydrogens is 335 g/mol. The predicted octanol–water partition coefficient (Wildman–Crippen LogP) is 2.37. The van der Waals surface area contributed by atoms with Gasteiger partial charge in [-0.1, -0.05) is 65.1 Å². The SMILES string of the molecule is O=C(Cc1ccccc1)NC(N1CCOCC1)C(Cl)(Cl)Cl. The molecule has 2 rings (SSSR count). The Kier molecular flexibility index (Phi) is 6.14. The van der Waals surface area contributed by atoms with Crippen LogP contribution in [0.2, 0.25) is 0 Å². The molecule has 1 N–H and O–H groups in total. The molecule has 0 radical (unpaired) electrons. The van der Waals surface area contributed by atoms with E-state index in [4.69, 9.17) is 39.5 Å². The molecule has 21 heavy (non-hydrogen) atoms. The summed E-state index contributed by atoms with van der Waals surface area (Å²) >= 11 is 18.0. The maximum Gasteiger partial charge on any atom is 0.225 e. The molecule has 7 heteroatoms. The fraction of sp³-hybridized carbons (Fsp3) is 0.500. The van der Waals surface area contributed by atoms with Crippen LogP contribution in [0.1, 0.15) is 5.56 Å². The summed E-state index contributed by atoms with van der Waals surface area (Å²) in [6.07, 6.45) is -0.412. The molecule has 1 amide bonds. The van der Waals surface area contributed by atoms with E-state index in [1.54, 1.807) is 0 Å². The largest absolute Gasteiger partial charge is 0.379 e. The molecule has 1 heterocycles. The summed E-state index contributed by atoms with van der Waals surface area (Å²) in [5.74, 6) is -0.177. The Morgan fingerprint density at radius 1 is 1.24 bits per heavy atom. The molecule has 1 saturated heterocycles. The summed E-state index contributed by atoms with van der Waals surface area (Å²) in [5, 5.41) is 2.81. The molecule has 0 aromatic heterocycles. The summed E-state index contributed by atoms with van der Waals surface area (Å²) < 4.78 is 3.69. The summed E-state index contributed by atoms with van der Waals surface area (Å²) in [6, 6.07) is 9.45. The van der Waals surface area contributed by atoms with Crippen molar-refractivity contribution in [1.29, 1.82) is 0 Å². The Hall–Kier alpha value is -0.520. The van der Waals surface area contributed by atoms with E-state index in [0.717, 1.165) is 5.56 Å². The first-order chi connectivity index (χ1) is 9.97. The Labute approximate surface area is 139 Å². The normalized spacial score (nSPS) is 18.2. The van der Waals surface area contributed by atoms with Crippen molar-refractivity contribution in [3.63, 3.8) is 0 Å². The Morgan fingerprint density at radius 3 is 2.43 bits per heavy atom. The number of amides is 1. The average molecular weight is 352 g/mol. The minimum Gasteiger partial charge on any atom is -0.379 e. The van der Waals surface area contributed by atoms with E-state index in [2.05, 4.69) is 5.32 Å². The Balaban J connectivity index is 1.99. The van der Waals surface area contributed by atoms with Gasteiger partial charge in [-0.2, -0.15) is 0 Å². The summed E-state index contributed by atoms with van der Waals surface area (Å²) in [4.78, 5) is 14.1. The lowest BCUT2D eigenvalue weighted by molar-refractivity contribution is -0.123. The molecule has 116 valence electrons. The molecule has 1 atom stereocenters. The number of alkyl halides is 3. The first kappa shape index (κ1) is 16.8. The fourth-order valence-corrected chi connectivity index (χ4v) is 2.78. The van der Waals surface area contributed by atoms with E-state index in [0.29, 0.717) is 26.3 Å². The van der Waals surface area contributed by atoms with Crippen molar-refractivity contribution in [3.05, 3.63) is 35.9 Å². The molecule has 1 fully saturated rings. The van der Waals surface area contributed by atoms with Gasteiger partial charge < -0.3 is 10.1 Å². The highest BCUT2D eigenvalue weighted by Crippen LogP contribution is 2.32. The number of hydrogen-bond donors (Lipinski definition) is 1. The van der Waals surface area contributed by atoms with E-state index in [1.165, 1.54) is 0 Å². The van der Waals surface area contributed by atoms with Gasteiger partial charge in [-0.15, -0.1) is 0 Å². The van der Waals surface area contributed by atoms with E-state index < -0.39 is 9.96 Å².